The minimum absolute atomic E-state index is 0.0366. The molecule has 1 saturated heterocycles. The average Bonchev–Trinajstić information content (AvgIpc) is 3.10. The molecule has 1 saturated carbocycles. The molecule has 4 nitrogen and oxygen atoms in total. The van der Waals surface area contributed by atoms with Crippen molar-refractivity contribution in [3.63, 3.8) is 0 Å². The third-order valence-electron chi connectivity index (χ3n) is 5.33. The number of likely N-dealkylation sites (tertiary alicyclic amines) is 1. The maximum Gasteiger partial charge on any atom is 0.220 e. The molecule has 1 aliphatic heterocycles. The first kappa shape index (κ1) is 17.4. The molecule has 2 fully saturated rings. The van der Waals surface area contributed by atoms with E-state index >= 15 is 0 Å². The molecule has 24 heavy (non-hydrogen) atoms. The molecule has 0 unspecified atom stereocenters. The van der Waals surface area contributed by atoms with Crippen molar-refractivity contribution in [2.45, 2.75) is 63.1 Å². The van der Waals surface area contributed by atoms with Crippen molar-refractivity contribution in [1.29, 1.82) is 0 Å². The van der Waals surface area contributed by atoms with Crippen LogP contribution in [0, 0.1) is 5.82 Å². The SMILES string of the molecule is O=C(CCc1ccc(F)cc1)N[C@@H]1CCC[C@@H](N2CCCC2)[C@@H]1O. The number of carbonyl (C=O) groups is 1. The van der Waals surface area contributed by atoms with Crippen LogP contribution >= 0.6 is 0 Å². The Balaban J connectivity index is 1.48. The first-order valence-corrected chi connectivity index (χ1v) is 9.09. The fourth-order valence-corrected chi connectivity index (χ4v) is 3.97. The third kappa shape index (κ3) is 4.33. The van der Waals surface area contributed by atoms with Crippen LogP contribution in [0.4, 0.5) is 4.39 Å². The van der Waals surface area contributed by atoms with E-state index in [1.807, 2.05) is 0 Å². The van der Waals surface area contributed by atoms with Crippen LogP contribution in [0.2, 0.25) is 0 Å². The van der Waals surface area contributed by atoms with E-state index in [2.05, 4.69) is 10.2 Å². The number of hydrogen-bond acceptors (Lipinski definition) is 3. The standard InChI is InChI=1S/C19H27FN2O2/c20-15-9-6-14(7-10-15)8-11-18(23)21-16-4-3-5-17(19(16)24)22-12-1-2-13-22/h6-7,9-10,16-17,19,24H,1-5,8,11-13H2,(H,21,23)/t16-,17-,19-/m1/s1. The maximum atomic E-state index is 12.9. The van der Waals surface area contributed by atoms with E-state index in [0.29, 0.717) is 12.8 Å². The summed E-state index contributed by atoms with van der Waals surface area (Å²) < 4.78 is 12.9. The van der Waals surface area contributed by atoms with Crippen LogP contribution in [-0.2, 0) is 11.2 Å². The minimum Gasteiger partial charge on any atom is -0.389 e. The van der Waals surface area contributed by atoms with Crippen LogP contribution in [0.3, 0.4) is 0 Å². The number of nitrogens with zero attached hydrogens (tertiary/aromatic N) is 1. The second-order valence-corrected chi connectivity index (χ2v) is 7.03. The van der Waals surface area contributed by atoms with E-state index in [0.717, 1.165) is 37.9 Å². The van der Waals surface area contributed by atoms with E-state index in [9.17, 15) is 14.3 Å². The molecule has 0 bridgehead atoms. The zero-order valence-electron chi connectivity index (χ0n) is 14.1. The number of rotatable bonds is 5. The molecule has 3 atom stereocenters. The van der Waals surface area contributed by atoms with Gasteiger partial charge in [-0.15, -0.1) is 0 Å². The van der Waals surface area contributed by atoms with Gasteiger partial charge in [-0.25, -0.2) is 4.39 Å². The number of aliphatic hydroxyl groups is 1. The van der Waals surface area contributed by atoms with Gasteiger partial charge >= 0.3 is 0 Å². The molecule has 0 radical (unpaired) electrons. The molecule has 1 heterocycles. The van der Waals surface area contributed by atoms with Gasteiger partial charge in [-0.3, -0.25) is 9.69 Å². The predicted octanol–water partition coefficient (Wildman–Crippen LogP) is 2.25. The Kier molecular flexibility index (Phi) is 5.85. The van der Waals surface area contributed by atoms with E-state index in [-0.39, 0.29) is 23.8 Å². The van der Waals surface area contributed by atoms with Gasteiger partial charge in [0.15, 0.2) is 0 Å². The number of hydrogen-bond donors (Lipinski definition) is 2. The van der Waals surface area contributed by atoms with Crippen LogP contribution in [-0.4, -0.2) is 47.2 Å². The molecular weight excluding hydrogens is 307 g/mol. The predicted molar refractivity (Wildman–Crippen MR) is 91.1 cm³/mol. The molecule has 1 aromatic carbocycles. The van der Waals surface area contributed by atoms with Crippen LogP contribution < -0.4 is 5.32 Å². The Morgan fingerprint density at radius 2 is 1.88 bits per heavy atom. The Morgan fingerprint density at radius 1 is 1.17 bits per heavy atom. The lowest BCUT2D eigenvalue weighted by Gasteiger charge is -2.40. The first-order valence-electron chi connectivity index (χ1n) is 9.09. The number of aliphatic hydroxyl groups excluding tert-OH is 1. The van der Waals surface area contributed by atoms with Gasteiger partial charge in [-0.05, 0) is 69.3 Å². The number of carbonyl (C=O) groups excluding carboxylic acids is 1. The first-order chi connectivity index (χ1) is 11.6. The number of aryl methyl sites for hydroxylation is 1. The van der Waals surface area contributed by atoms with E-state index in [1.54, 1.807) is 12.1 Å². The van der Waals surface area contributed by atoms with Crippen molar-refractivity contribution in [1.82, 2.24) is 10.2 Å². The van der Waals surface area contributed by atoms with Gasteiger partial charge in [0.1, 0.15) is 5.82 Å². The normalized spacial score (nSPS) is 28.0. The van der Waals surface area contributed by atoms with Crippen LogP contribution in [0.25, 0.3) is 0 Å². The summed E-state index contributed by atoms with van der Waals surface area (Å²) in [5.41, 5.74) is 0.950. The fraction of sp³-hybridized carbons (Fsp3) is 0.632. The van der Waals surface area contributed by atoms with E-state index < -0.39 is 6.10 Å². The van der Waals surface area contributed by atoms with Crippen LogP contribution in [0.5, 0.6) is 0 Å². The Labute approximate surface area is 143 Å². The summed E-state index contributed by atoms with van der Waals surface area (Å²) in [4.78, 5) is 14.6. The lowest BCUT2D eigenvalue weighted by Crippen LogP contribution is -2.56. The summed E-state index contributed by atoms with van der Waals surface area (Å²) in [6, 6.07) is 6.29. The van der Waals surface area contributed by atoms with Crippen LogP contribution in [0.15, 0.2) is 24.3 Å². The number of amides is 1. The Hall–Kier alpha value is -1.46. The molecule has 3 rings (SSSR count). The highest BCUT2D eigenvalue weighted by atomic mass is 19.1. The summed E-state index contributed by atoms with van der Waals surface area (Å²) in [6.07, 6.45) is 5.79. The molecule has 1 aliphatic carbocycles. The van der Waals surface area contributed by atoms with Gasteiger partial charge in [0.05, 0.1) is 12.1 Å². The zero-order valence-corrected chi connectivity index (χ0v) is 14.1. The van der Waals surface area contributed by atoms with Gasteiger partial charge in [-0.2, -0.15) is 0 Å². The van der Waals surface area contributed by atoms with Crippen molar-refractivity contribution in [2.24, 2.45) is 0 Å². The lowest BCUT2D eigenvalue weighted by atomic mass is 9.87. The zero-order chi connectivity index (χ0) is 16.9. The highest BCUT2D eigenvalue weighted by Crippen LogP contribution is 2.26. The molecule has 2 N–H and O–H groups in total. The molecule has 132 valence electrons. The number of nitrogens with one attached hydrogen (secondary N) is 1. The molecular formula is C19H27FN2O2. The molecule has 0 aromatic heterocycles. The van der Waals surface area contributed by atoms with Gasteiger partial charge in [0.2, 0.25) is 5.91 Å². The molecule has 1 amide bonds. The number of halogens is 1. The van der Waals surface area contributed by atoms with Crippen molar-refractivity contribution >= 4 is 5.91 Å². The second kappa shape index (κ2) is 8.08. The smallest absolute Gasteiger partial charge is 0.220 e. The fourth-order valence-electron chi connectivity index (χ4n) is 3.97. The van der Waals surface area contributed by atoms with Crippen molar-refractivity contribution < 1.29 is 14.3 Å². The van der Waals surface area contributed by atoms with E-state index in [1.165, 1.54) is 25.0 Å². The average molecular weight is 334 g/mol. The summed E-state index contributed by atoms with van der Waals surface area (Å²) in [6.45, 7) is 2.12. The second-order valence-electron chi connectivity index (χ2n) is 7.03. The quantitative estimate of drug-likeness (QED) is 0.868. The molecule has 0 spiro atoms. The topological polar surface area (TPSA) is 52.6 Å². The maximum absolute atomic E-state index is 12.9. The van der Waals surface area contributed by atoms with Crippen molar-refractivity contribution in [3.05, 3.63) is 35.6 Å². The summed E-state index contributed by atoms with van der Waals surface area (Å²) >= 11 is 0. The Morgan fingerprint density at radius 3 is 2.58 bits per heavy atom. The monoisotopic (exact) mass is 334 g/mol. The van der Waals surface area contributed by atoms with Crippen molar-refractivity contribution in [3.8, 4) is 0 Å². The van der Waals surface area contributed by atoms with Crippen molar-refractivity contribution in [2.75, 3.05) is 13.1 Å². The molecule has 5 heteroatoms. The molecule has 2 aliphatic rings. The van der Waals surface area contributed by atoms with E-state index in [4.69, 9.17) is 0 Å². The number of benzene rings is 1. The van der Waals surface area contributed by atoms with Gasteiger partial charge in [0.25, 0.3) is 0 Å². The highest BCUT2D eigenvalue weighted by molar-refractivity contribution is 5.76. The highest BCUT2D eigenvalue weighted by Gasteiger charge is 2.36. The third-order valence-corrected chi connectivity index (χ3v) is 5.33. The van der Waals surface area contributed by atoms with Crippen LogP contribution in [0.1, 0.15) is 44.1 Å². The summed E-state index contributed by atoms with van der Waals surface area (Å²) in [5, 5.41) is 13.7. The largest absolute Gasteiger partial charge is 0.389 e. The minimum atomic E-state index is -0.480. The summed E-state index contributed by atoms with van der Waals surface area (Å²) in [7, 11) is 0. The summed E-state index contributed by atoms with van der Waals surface area (Å²) in [5.74, 6) is -0.299. The van der Waals surface area contributed by atoms with Gasteiger partial charge < -0.3 is 10.4 Å². The Bertz CT molecular complexity index is 543. The lowest BCUT2D eigenvalue weighted by molar-refractivity contribution is -0.123. The van der Waals surface area contributed by atoms with Gasteiger partial charge in [-0.1, -0.05) is 12.1 Å². The van der Waals surface area contributed by atoms with Gasteiger partial charge in [0, 0.05) is 12.5 Å². The molecule has 1 aromatic rings.